The average molecular weight is 216 g/mol. The Morgan fingerprint density at radius 1 is 1.40 bits per heavy atom. The predicted octanol–water partition coefficient (Wildman–Crippen LogP) is 0.775. The highest BCUT2D eigenvalue weighted by Crippen LogP contribution is 1.91. The predicted molar refractivity (Wildman–Crippen MR) is 61.8 cm³/mol. The minimum absolute atomic E-state index is 0.0191. The number of hydrogen-bond donors (Lipinski definition) is 2. The van der Waals surface area contributed by atoms with Crippen LogP contribution in [0, 0.1) is 5.92 Å². The lowest BCUT2D eigenvalue weighted by atomic mass is 10.1. The molecule has 4 heteroatoms. The molecule has 0 saturated carbocycles. The maximum absolute atomic E-state index is 11.4. The Hall–Kier alpha value is -0.610. The van der Waals surface area contributed by atoms with E-state index >= 15 is 0 Å². The number of carbonyl (C=O) groups excluding carboxylic acids is 1. The fraction of sp³-hybridized carbons (Fsp3) is 0.909. The van der Waals surface area contributed by atoms with Gasteiger partial charge < -0.3 is 15.4 Å². The van der Waals surface area contributed by atoms with E-state index in [0.29, 0.717) is 19.7 Å². The molecular formula is C11H24N2O2. The van der Waals surface area contributed by atoms with Gasteiger partial charge in [0.25, 0.3) is 0 Å². The second-order valence-electron chi connectivity index (χ2n) is 3.72. The van der Waals surface area contributed by atoms with E-state index in [1.807, 2.05) is 14.0 Å². The Labute approximate surface area is 92.8 Å². The molecule has 0 bridgehead atoms. The molecule has 0 aliphatic rings. The third-order valence-corrected chi connectivity index (χ3v) is 2.15. The first-order valence-electron chi connectivity index (χ1n) is 5.72. The van der Waals surface area contributed by atoms with E-state index in [0.717, 1.165) is 19.4 Å². The second-order valence-corrected chi connectivity index (χ2v) is 3.72. The number of amides is 1. The van der Waals surface area contributed by atoms with Gasteiger partial charge in [-0.3, -0.25) is 4.79 Å². The van der Waals surface area contributed by atoms with Crippen LogP contribution in [0.4, 0.5) is 0 Å². The fourth-order valence-electron chi connectivity index (χ4n) is 1.17. The Bertz CT molecular complexity index is 163. The Kier molecular flexibility index (Phi) is 9.52. The van der Waals surface area contributed by atoms with Crippen LogP contribution in [0.25, 0.3) is 0 Å². The summed E-state index contributed by atoms with van der Waals surface area (Å²) in [5, 5.41) is 5.81. The Morgan fingerprint density at radius 3 is 2.73 bits per heavy atom. The summed E-state index contributed by atoms with van der Waals surface area (Å²) < 4.78 is 5.33. The second kappa shape index (κ2) is 9.93. The van der Waals surface area contributed by atoms with Gasteiger partial charge in [0, 0.05) is 25.6 Å². The zero-order chi connectivity index (χ0) is 11.5. The van der Waals surface area contributed by atoms with E-state index in [4.69, 9.17) is 4.74 Å². The van der Waals surface area contributed by atoms with Crippen LogP contribution >= 0.6 is 0 Å². The molecule has 0 aromatic heterocycles. The van der Waals surface area contributed by atoms with Crippen LogP contribution < -0.4 is 10.6 Å². The van der Waals surface area contributed by atoms with Crippen LogP contribution in [0.5, 0.6) is 0 Å². The number of rotatable bonds is 9. The molecule has 0 saturated heterocycles. The van der Waals surface area contributed by atoms with Crippen LogP contribution in [0.3, 0.4) is 0 Å². The van der Waals surface area contributed by atoms with Gasteiger partial charge in [-0.1, -0.05) is 20.3 Å². The topological polar surface area (TPSA) is 50.4 Å². The highest BCUT2D eigenvalue weighted by molar-refractivity contribution is 5.78. The van der Waals surface area contributed by atoms with Crippen LogP contribution in [-0.4, -0.2) is 39.3 Å². The molecule has 0 fully saturated rings. The zero-order valence-corrected chi connectivity index (χ0v) is 10.1. The monoisotopic (exact) mass is 216 g/mol. The van der Waals surface area contributed by atoms with Crippen LogP contribution in [0.2, 0.25) is 0 Å². The van der Waals surface area contributed by atoms with E-state index in [1.54, 1.807) is 0 Å². The molecule has 0 spiro atoms. The van der Waals surface area contributed by atoms with Crippen molar-refractivity contribution in [1.82, 2.24) is 10.6 Å². The number of carbonyl (C=O) groups is 1. The molecule has 0 aromatic rings. The van der Waals surface area contributed by atoms with Gasteiger partial charge in [0.1, 0.15) is 0 Å². The molecule has 1 atom stereocenters. The number of ether oxygens (including phenoxy) is 1. The standard InChI is InChI=1S/C11H24N2O2/c1-4-5-7-15-8-6-13-11(14)10(2)9-12-3/h10,12H,4-9H2,1-3H3,(H,13,14). The summed E-state index contributed by atoms with van der Waals surface area (Å²) >= 11 is 0. The molecule has 0 aliphatic carbocycles. The summed E-state index contributed by atoms with van der Waals surface area (Å²) in [6.45, 7) is 6.75. The molecule has 1 amide bonds. The van der Waals surface area contributed by atoms with Crippen LogP contribution in [-0.2, 0) is 9.53 Å². The van der Waals surface area contributed by atoms with Crippen molar-refractivity contribution in [3.63, 3.8) is 0 Å². The molecule has 0 heterocycles. The summed E-state index contributed by atoms with van der Waals surface area (Å²) in [7, 11) is 1.84. The minimum Gasteiger partial charge on any atom is -0.380 e. The van der Waals surface area contributed by atoms with Gasteiger partial charge >= 0.3 is 0 Å². The van der Waals surface area contributed by atoms with E-state index in [2.05, 4.69) is 17.6 Å². The van der Waals surface area contributed by atoms with Crippen molar-refractivity contribution in [3.8, 4) is 0 Å². The molecule has 0 aliphatic heterocycles. The molecule has 0 rings (SSSR count). The summed E-state index contributed by atoms with van der Waals surface area (Å²) in [5.74, 6) is 0.106. The summed E-state index contributed by atoms with van der Waals surface area (Å²) in [6, 6.07) is 0. The van der Waals surface area contributed by atoms with Gasteiger partial charge in [0.2, 0.25) is 5.91 Å². The molecule has 15 heavy (non-hydrogen) atoms. The van der Waals surface area contributed by atoms with Gasteiger partial charge in [-0.2, -0.15) is 0 Å². The highest BCUT2D eigenvalue weighted by Gasteiger charge is 2.10. The third-order valence-electron chi connectivity index (χ3n) is 2.15. The first-order valence-corrected chi connectivity index (χ1v) is 5.72. The lowest BCUT2D eigenvalue weighted by Crippen LogP contribution is -2.36. The fourth-order valence-corrected chi connectivity index (χ4v) is 1.17. The molecule has 2 N–H and O–H groups in total. The SMILES string of the molecule is CCCCOCCNC(=O)C(C)CNC. The maximum atomic E-state index is 11.4. The van der Waals surface area contributed by atoms with Gasteiger partial charge in [0.15, 0.2) is 0 Å². The molecular weight excluding hydrogens is 192 g/mol. The van der Waals surface area contributed by atoms with Crippen LogP contribution in [0.15, 0.2) is 0 Å². The third kappa shape index (κ3) is 8.39. The average Bonchev–Trinajstić information content (AvgIpc) is 2.23. The smallest absolute Gasteiger partial charge is 0.224 e. The van der Waals surface area contributed by atoms with Crippen molar-refractivity contribution < 1.29 is 9.53 Å². The quantitative estimate of drug-likeness (QED) is 0.560. The number of hydrogen-bond acceptors (Lipinski definition) is 3. The zero-order valence-electron chi connectivity index (χ0n) is 10.1. The van der Waals surface area contributed by atoms with Crippen molar-refractivity contribution in [1.29, 1.82) is 0 Å². The van der Waals surface area contributed by atoms with Crippen molar-refractivity contribution in [2.24, 2.45) is 5.92 Å². The van der Waals surface area contributed by atoms with Crippen molar-refractivity contribution in [3.05, 3.63) is 0 Å². The lowest BCUT2D eigenvalue weighted by Gasteiger charge is -2.11. The van der Waals surface area contributed by atoms with Gasteiger partial charge in [-0.15, -0.1) is 0 Å². The minimum atomic E-state index is 0.0191. The lowest BCUT2D eigenvalue weighted by molar-refractivity contribution is -0.124. The molecule has 4 nitrogen and oxygen atoms in total. The number of nitrogens with one attached hydrogen (secondary N) is 2. The summed E-state index contributed by atoms with van der Waals surface area (Å²) in [5.41, 5.74) is 0. The van der Waals surface area contributed by atoms with E-state index in [9.17, 15) is 4.79 Å². The highest BCUT2D eigenvalue weighted by atomic mass is 16.5. The molecule has 90 valence electrons. The van der Waals surface area contributed by atoms with Gasteiger partial charge in [-0.25, -0.2) is 0 Å². The largest absolute Gasteiger partial charge is 0.380 e. The van der Waals surface area contributed by atoms with E-state index < -0.39 is 0 Å². The van der Waals surface area contributed by atoms with Crippen LogP contribution in [0.1, 0.15) is 26.7 Å². The maximum Gasteiger partial charge on any atom is 0.224 e. The van der Waals surface area contributed by atoms with Crippen molar-refractivity contribution >= 4 is 5.91 Å². The Balaban J connectivity index is 3.30. The normalized spacial score (nSPS) is 12.5. The first kappa shape index (κ1) is 14.4. The molecule has 0 radical (unpaired) electrons. The summed E-state index contributed by atoms with van der Waals surface area (Å²) in [6.07, 6.45) is 2.23. The first-order chi connectivity index (χ1) is 7.22. The molecule has 0 aromatic carbocycles. The molecule has 1 unspecified atom stereocenters. The van der Waals surface area contributed by atoms with Gasteiger partial charge in [0.05, 0.1) is 6.61 Å². The Morgan fingerprint density at radius 2 is 2.13 bits per heavy atom. The van der Waals surface area contributed by atoms with Crippen molar-refractivity contribution in [2.75, 3.05) is 33.4 Å². The van der Waals surface area contributed by atoms with E-state index in [1.165, 1.54) is 0 Å². The summed E-state index contributed by atoms with van der Waals surface area (Å²) in [4.78, 5) is 11.4. The van der Waals surface area contributed by atoms with E-state index in [-0.39, 0.29) is 11.8 Å². The van der Waals surface area contributed by atoms with Crippen molar-refractivity contribution in [2.45, 2.75) is 26.7 Å². The van der Waals surface area contributed by atoms with Gasteiger partial charge in [-0.05, 0) is 13.5 Å². The number of unbranched alkanes of at least 4 members (excludes halogenated alkanes) is 1.